The van der Waals surface area contributed by atoms with Gasteiger partial charge in [0.2, 0.25) is 0 Å². The van der Waals surface area contributed by atoms with Crippen LogP contribution >= 0.6 is 12.2 Å². The van der Waals surface area contributed by atoms with Crippen LogP contribution in [-0.2, 0) is 12.6 Å². The van der Waals surface area contributed by atoms with Crippen molar-refractivity contribution in [3.05, 3.63) is 0 Å². The van der Waals surface area contributed by atoms with Crippen molar-refractivity contribution in [1.29, 1.82) is 0 Å². The van der Waals surface area contributed by atoms with Crippen LogP contribution in [0.5, 0.6) is 0 Å². The molecule has 4 saturated carbocycles. The van der Waals surface area contributed by atoms with Gasteiger partial charge in [-0.15, -0.1) is 0 Å². The predicted octanol–water partition coefficient (Wildman–Crippen LogP) is 4.33. The Morgan fingerprint density at radius 2 is 1.70 bits per heavy atom. The van der Waals surface area contributed by atoms with Crippen molar-refractivity contribution >= 4 is 29.0 Å². The molecule has 0 spiro atoms. The van der Waals surface area contributed by atoms with E-state index >= 15 is 0 Å². The molecule has 4 aliphatic rings. The molecule has 0 nitrogen and oxygen atoms in total. The number of fused-ring (bicyclic) bond motifs is 5. The Hall–Kier alpha value is 1.31. The molecule has 0 N–H and O–H groups in total. The van der Waals surface area contributed by atoms with Crippen molar-refractivity contribution in [3.8, 4) is 0 Å². The van der Waals surface area contributed by atoms with E-state index in [-0.39, 0.29) is 29.6 Å². The van der Waals surface area contributed by atoms with Crippen LogP contribution in [0.3, 0.4) is 0 Å². The van der Waals surface area contributed by atoms with Crippen LogP contribution in [0.2, 0.25) is 0 Å². The Bertz CT molecular complexity index is 548. The minimum Gasteiger partial charge on any atom is -0.433 e. The summed E-state index contributed by atoms with van der Waals surface area (Å²) in [6.45, 7) is 7.89. The van der Waals surface area contributed by atoms with Gasteiger partial charge in [-0.3, -0.25) is 0 Å². The fourth-order valence-corrected chi connectivity index (χ4v) is 9.05. The molecule has 0 amide bonds. The molecule has 27 heavy (non-hydrogen) atoms. The fourth-order valence-electron chi connectivity index (χ4n) is 8.82. The van der Waals surface area contributed by atoms with E-state index in [2.05, 4.69) is 20.8 Å². The summed E-state index contributed by atoms with van der Waals surface area (Å²) in [5, 5.41) is 0. The number of thiocarbonyl (C=S) groups is 1. The van der Waals surface area contributed by atoms with Crippen molar-refractivity contribution in [2.75, 3.05) is 0 Å². The monoisotopic (exact) mass is 414 g/mol. The first kappa shape index (κ1) is 23.0. The Morgan fingerprint density at radius 1 is 0.963 bits per heavy atom. The summed E-state index contributed by atoms with van der Waals surface area (Å²) < 4.78 is 0.795. The summed E-state index contributed by atoms with van der Waals surface area (Å²) in [6.07, 6.45) is 17.3. The van der Waals surface area contributed by atoms with Gasteiger partial charge >= 0.3 is 29.6 Å². The van der Waals surface area contributed by atoms with E-state index in [0.717, 1.165) is 46.1 Å². The molecular weight excluding hydrogens is 375 g/mol. The second-order valence-electron chi connectivity index (χ2n) is 11.0. The fraction of sp³-hybridized carbons (Fsp3) is 0.958. The van der Waals surface area contributed by atoms with Crippen molar-refractivity contribution in [1.82, 2.24) is 0 Å². The maximum absolute atomic E-state index is 5.19. The van der Waals surface area contributed by atoms with Crippen LogP contribution in [0.15, 0.2) is 0 Å². The predicted molar refractivity (Wildman–Crippen MR) is 118 cm³/mol. The average molecular weight is 415 g/mol. The summed E-state index contributed by atoms with van der Waals surface area (Å²) in [5.74, 6) is 5.83. The molecule has 4 aliphatic carbocycles. The summed E-state index contributed by atoms with van der Waals surface area (Å²) in [4.78, 5) is 0. The zero-order chi connectivity index (χ0) is 18.5. The first-order chi connectivity index (χ1) is 12.4. The Balaban J connectivity index is 0.00000210. The first-order valence-corrected chi connectivity index (χ1v) is 12.4. The van der Waals surface area contributed by atoms with Crippen molar-refractivity contribution < 1.29 is 29.6 Å². The van der Waals surface area contributed by atoms with Gasteiger partial charge in [-0.25, -0.2) is 0 Å². The summed E-state index contributed by atoms with van der Waals surface area (Å²) >= 11 is 10.4. The molecule has 3 heteroatoms. The molecule has 148 valence electrons. The van der Waals surface area contributed by atoms with E-state index in [1.807, 2.05) is 0 Å². The van der Waals surface area contributed by atoms with Gasteiger partial charge in [-0.2, -0.15) is 4.20 Å². The van der Waals surface area contributed by atoms with E-state index < -0.39 is 0 Å². The van der Waals surface area contributed by atoms with Gasteiger partial charge in [0.15, 0.2) is 0 Å². The molecule has 4 rings (SSSR count). The van der Waals surface area contributed by atoms with Crippen molar-refractivity contribution in [3.63, 3.8) is 0 Å². The molecule has 0 aliphatic heterocycles. The molecule has 0 bridgehead atoms. The van der Waals surface area contributed by atoms with Gasteiger partial charge in [-0.05, 0) is 111 Å². The van der Waals surface area contributed by atoms with Crippen LogP contribution in [0.1, 0.15) is 97.8 Å². The molecular formula is C24H39NaS2. The second kappa shape index (κ2) is 8.81. The SMILES string of the molecule is C[C@H](CCC(=S)[S-])[C@H]1CC[C@H]2[C@@H]3CCC4CCCC[C@]4(C)[C@H]3CC[C@]12C.[Na+]. The third-order valence-electron chi connectivity index (χ3n) is 10.1. The standard InChI is InChI=1S/C24H40S2.Na/c1-16(7-12-22(25)26)19-10-11-20-18-9-8-17-6-4-5-14-23(17,2)21(18)13-15-24(19,20)3;/h16-21H,4-15H2,1-3H3,(H,25,26);/q;+1/p-1/t16-,17?,18+,19-,20+,21+,23+,24-;/m1./s1. The molecule has 0 heterocycles. The second-order valence-corrected chi connectivity index (χ2v) is 12.3. The molecule has 0 saturated heterocycles. The quantitative estimate of drug-likeness (QED) is 0.381. The Morgan fingerprint density at radius 3 is 2.44 bits per heavy atom. The maximum atomic E-state index is 5.19. The summed E-state index contributed by atoms with van der Waals surface area (Å²) in [6, 6.07) is 0. The average Bonchev–Trinajstić information content (AvgIpc) is 2.96. The molecule has 1 unspecified atom stereocenters. The Labute approximate surface area is 201 Å². The minimum atomic E-state index is 0. The van der Waals surface area contributed by atoms with Crippen LogP contribution in [-0.4, -0.2) is 4.20 Å². The molecule has 0 aromatic rings. The van der Waals surface area contributed by atoms with Crippen molar-refractivity contribution in [2.24, 2.45) is 46.3 Å². The van der Waals surface area contributed by atoms with Crippen LogP contribution in [0, 0.1) is 46.3 Å². The van der Waals surface area contributed by atoms with Crippen LogP contribution in [0.25, 0.3) is 0 Å². The first-order valence-electron chi connectivity index (χ1n) is 11.6. The summed E-state index contributed by atoms with van der Waals surface area (Å²) in [5.41, 5.74) is 1.28. The van der Waals surface area contributed by atoms with E-state index in [4.69, 9.17) is 24.8 Å². The van der Waals surface area contributed by atoms with Gasteiger partial charge < -0.3 is 24.8 Å². The van der Waals surface area contributed by atoms with E-state index in [1.54, 1.807) is 6.42 Å². The molecule has 8 atom stereocenters. The number of rotatable bonds is 4. The minimum absolute atomic E-state index is 0. The molecule has 0 radical (unpaired) electrons. The van der Waals surface area contributed by atoms with Gasteiger partial charge in [-0.1, -0.05) is 33.6 Å². The largest absolute Gasteiger partial charge is 1.00 e. The van der Waals surface area contributed by atoms with Gasteiger partial charge in [0.05, 0.1) is 0 Å². The third-order valence-corrected chi connectivity index (χ3v) is 10.6. The summed E-state index contributed by atoms with van der Waals surface area (Å²) in [7, 11) is 0. The molecule has 0 aromatic heterocycles. The van der Waals surface area contributed by atoms with Crippen LogP contribution in [0.4, 0.5) is 0 Å². The van der Waals surface area contributed by atoms with Gasteiger partial charge in [0.25, 0.3) is 0 Å². The zero-order valence-electron chi connectivity index (χ0n) is 18.3. The Kier molecular flexibility index (Phi) is 7.50. The van der Waals surface area contributed by atoms with Crippen LogP contribution < -0.4 is 29.6 Å². The number of hydrogen-bond donors (Lipinski definition) is 0. The van der Waals surface area contributed by atoms with Gasteiger partial charge in [0, 0.05) is 0 Å². The van der Waals surface area contributed by atoms with E-state index in [9.17, 15) is 0 Å². The normalized spacial score (nSPS) is 47.1. The maximum Gasteiger partial charge on any atom is 1.00 e. The third kappa shape index (κ3) is 3.98. The van der Waals surface area contributed by atoms with Crippen molar-refractivity contribution in [2.45, 2.75) is 97.8 Å². The van der Waals surface area contributed by atoms with E-state index in [1.165, 1.54) is 64.2 Å². The molecule has 0 aromatic carbocycles. The number of hydrogen-bond acceptors (Lipinski definition) is 2. The smallest absolute Gasteiger partial charge is 0.433 e. The topological polar surface area (TPSA) is 0 Å². The van der Waals surface area contributed by atoms with E-state index in [0.29, 0.717) is 10.8 Å². The molecule has 4 fully saturated rings. The zero-order valence-corrected chi connectivity index (χ0v) is 21.9. The van der Waals surface area contributed by atoms with Gasteiger partial charge in [0.1, 0.15) is 0 Å².